The third-order valence-electron chi connectivity index (χ3n) is 3.30. The van der Waals surface area contributed by atoms with E-state index in [1.54, 1.807) is 0 Å². The van der Waals surface area contributed by atoms with E-state index in [1.165, 1.54) is 0 Å². The number of phosphoric acid groups is 1. The molecule has 17 nitrogen and oxygen atoms in total. The molecule has 2 rings (SSSR count). The van der Waals surface area contributed by atoms with Crippen LogP contribution in [0.1, 0.15) is 12.6 Å². The van der Waals surface area contributed by atoms with Crippen LogP contribution in [0.2, 0.25) is 0 Å². The SMILES string of the molecule is [N-]=[N+]=Nc1cn(C2CC(O)C(CO[P+](=O)OP(=O)(O)O[P+](=O)O)O2)c(=O)[nH]c1=O. The molecule has 1 aliphatic rings. The largest absolute Gasteiger partial charge is 0.708 e. The molecule has 1 saturated heterocycles. The number of nitrogens with one attached hydrogen (secondary N) is 1. The minimum absolute atomic E-state index is 0.181. The highest BCUT2D eigenvalue weighted by molar-refractivity contribution is 7.61. The lowest BCUT2D eigenvalue weighted by Gasteiger charge is -2.14. The fraction of sp³-hybridized carbons (Fsp3) is 0.556. The lowest BCUT2D eigenvalue weighted by Crippen LogP contribution is -2.32. The smallest absolute Gasteiger partial charge is 0.390 e. The molecule has 0 bridgehead atoms. The number of ether oxygens (including phenoxy) is 1. The average molecular weight is 475 g/mol. The zero-order chi connectivity index (χ0) is 21.8. The van der Waals surface area contributed by atoms with Gasteiger partial charge < -0.3 is 9.84 Å². The van der Waals surface area contributed by atoms with Gasteiger partial charge in [-0.25, -0.2) is 9.36 Å². The van der Waals surface area contributed by atoms with E-state index in [2.05, 4.69) is 23.2 Å². The lowest BCUT2D eigenvalue weighted by atomic mass is 10.2. The highest BCUT2D eigenvalue weighted by Crippen LogP contribution is 2.57. The highest BCUT2D eigenvalue weighted by Gasteiger charge is 2.46. The van der Waals surface area contributed by atoms with Gasteiger partial charge in [0.15, 0.2) is 0 Å². The molecule has 0 amide bonds. The van der Waals surface area contributed by atoms with Crippen LogP contribution in [0.25, 0.3) is 10.4 Å². The Kier molecular flexibility index (Phi) is 7.88. The van der Waals surface area contributed by atoms with Crippen molar-refractivity contribution < 1.29 is 46.5 Å². The molecular weight excluding hydrogens is 463 g/mol. The molecule has 2 heterocycles. The van der Waals surface area contributed by atoms with E-state index in [-0.39, 0.29) is 6.42 Å². The zero-order valence-electron chi connectivity index (χ0n) is 13.9. The lowest BCUT2D eigenvalue weighted by molar-refractivity contribution is -0.0411. The van der Waals surface area contributed by atoms with Crippen molar-refractivity contribution in [3.63, 3.8) is 0 Å². The molecule has 0 aliphatic carbocycles. The number of aliphatic hydroxyl groups excluding tert-OH is 1. The Morgan fingerprint density at radius 3 is 2.76 bits per heavy atom. The Bertz CT molecular complexity index is 1020. The van der Waals surface area contributed by atoms with Crippen LogP contribution in [0.4, 0.5) is 5.69 Å². The summed E-state index contributed by atoms with van der Waals surface area (Å²) in [4.78, 5) is 45.2. The molecule has 6 atom stereocenters. The number of azide groups is 1. The summed E-state index contributed by atoms with van der Waals surface area (Å²) in [6.45, 7) is -0.639. The van der Waals surface area contributed by atoms with Gasteiger partial charge in [0.2, 0.25) is 0 Å². The second-order valence-electron chi connectivity index (χ2n) is 5.19. The summed E-state index contributed by atoms with van der Waals surface area (Å²) in [6.07, 6.45) is -2.83. The number of nitrogens with zero attached hydrogens (tertiary/aromatic N) is 4. The van der Waals surface area contributed by atoms with Gasteiger partial charge in [0.25, 0.3) is 5.56 Å². The van der Waals surface area contributed by atoms with Crippen molar-refractivity contribution in [1.82, 2.24) is 9.55 Å². The number of aromatic nitrogens is 2. The molecule has 0 spiro atoms. The van der Waals surface area contributed by atoms with Crippen LogP contribution in [-0.2, 0) is 31.6 Å². The monoisotopic (exact) mass is 475 g/mol. The fourth-order valence-corrected chi connectivity index (χ4v) is 4.41. The van der Waals surface area contributed by atoms with Gasteiger partial charge in [-0.3, -0.25) is 19.2 Å². The first-order valence-electron chi connectivity index (χ1n) is 7.25. The van der Waals surface area contributed by atoms with Gasteiger partial charge in [0, 0.05) is 35.3 Å². The molecule has 1 aromatic rings. The van der Waals surface area contributed by atoms with E-state index < -0.39 is 66.3 Å². The van der Waals surface area contributed by atoms with Crippen molar-refractivity contribution in [3.8, 4) is 0 Å². The van der Waals surface area contributed by atoms with E-state index >= 15 is 0 Å². The third kappa shape index (κ3) is 6.57. The van der Waals surface area contributed by atoms with Crippen molar-refractivity contribution in [2.75, 3.05) is 6.61 Å². The minimum Gasteiger partial charge on any atom is -0.390 e. The third-order valence-corrected chi connectivity index (χ3v) is 6.41. The first kappa shape index (κ1) is 23.4. The Labute approximate surface area is 160 Å². The van der Waals surface area contributed by atoms with Crippen LogP contribution in [0.3, 0.4) is 0 Å². The number of rotatable bonds is 9. The maximum Gasteiger partial charge on any atom is 0.708 e. The van der Waals surface area contributed by atoms with Crippen molar-refractivity contribution in [2.24, 2.45) is 5.11 Å². The van der Waals surface area contributed by atoms with Crippen LogP contribution < -0.4 is 11.2 Å². The number of aliphatic hydroxyl groups is 1. The van der Waals surface area contributed by atoms with Gasteiger partial charge in [-0.2, -0.15) is 0 Å². The molecule has 1 fully saturated rings. The Balaban J connectivity index is 2.02. The van der Waals surface area contributed by atoms with Crippen molar-refractivity contribution >= 4 is 30.0 Å². The molecule has 29 heavy (non-hydrogen) atoms. The second-order valence-corrected chi connectivity index (χ2v) is 8.62. The molecule has 0 aromatic carbocycles. The minimum atomic E-state index is -5.13. The van der Waals surface area contributed by atoms with Crippen LogP contribution in [0, 0.1) is 0 Å². The van der Waals surface area contributed by atoms with Crippen LogP contribution in [0.5, 0.6) is 0 Å². The Morgan fingerprint density at radius 2 is 2.14 bits per heavy atom. The van der Waals surface area contributed by atoms with Gasteiger partial charge in [-0.05, 0) is 5.53 Å². The summed E-state index contributed by atoms with van der Waals surface area (Å²) < 4.78 is 51.5. The number of H-pyrrole nitrogens is 1. The molecule has 1 aliphatic heterocycles. The summed E-state index contributed by atoms with van der Waals surface area (Å²) >= 11 is 0. The molecule has 0 saturated carbocycles. The highest BCUT2D eigenvalue weighted by atomic mass is 31.3. The zero-order valence-corrected chi connectivity index (χ0v) is 16.6. The molecule has 0 radical (unpaired) electrons. The number of aromatic amines is 1. The molecule has 6 unspecified atom stereocenters. The molecule has 158 valence electrons. The summed E-state index contributed by atoms with van der Waals surface area (Å²) in [7, 11) is -12.0. The van der Waals surface area contributed by atoms with Crippen LogP contribution in [-0.4, -0.2) is 43.3 Å². The first-order chi connectivity index (χ1) is 13.5. The maximum absolute atomic E-state index is 11.9. The second kappa shape index (κ2) is 9.76. The normalized spacial score (nSPS) is 24.4. The molecule has 4 N–H and O–H groups in total. The summed E-state index contributed by atoms with van der Waals surface area (Å²) in [5.41, 5.74) is 6.14. The molecule has 1 aromatic heterocycles. The average Bonchev–Trinajstić information content (AvgIpc) is 2.94. The summed E-state index contributed by atoms with van der Waals surface area (Å²) in [6, 6.07) is 0. The van der Waals surface area contributed by atoms with Crippen molar-refractivity contribution in [2.45, 2.75) is 24.9 Å². The Hall–Kier alpha value is -1.86. The predicted molar refractivity (Wildman–Crippen MR) is 90.0 cm³/mol. The van der Waals surface area contributed by atoms with E-state index in [0.29, 0.717) is 0 Å². The van der Waals surface area contributed by atoms with Gasteiger partial charge in [0.05, 0.1) is 6.10 Å². The standard InChI is InChI=1S/C9H10N5O12P3/c10-13-12-4-2-14(9(17)11-8(4)16)7-1-5(15)6(24-7)3-23-28(20)26-29(21,22)25-27(18)19/h2,5-7,15H,1,3H2,(H-2,11,16,17,18,19,21,22)/p+2. The quantitative estimate of drug-likeness (QED) is 0.166. The van der Waals surface area contributed by atoms with E-state index in [1.807, 2.05) is 4.98 Å². The number of hydrogen-bond donors (Lipinski definition) is 4. The fourth-order valence-electron chi connectivity index (χ4n) is 2.19. The van der Waals surface area contributed by atoms with Gasteiger partial charge in [0.1, 0.15) is 24.6 Å². The maximum atomic E-state index is 11.9. The van der Waals surface area contributed by atoms with Crippen LogP contribution >= 0.6 is 24.3 Å². The van der Waals surface area contributed by atoms with E-state index in [4.69, 9.17) is 20.1 Å². The van der Waals surface area contributed by atoms with E-state index in [0.717, 1.165) is 10.8 Å². The summed E-state index contributed by atoms with van der Waals surface area (Å²) in [5.74, 6) is 0. The number of hydrogen-bond acceptors (Lipinski definition) is 11. The Morgan fingerprint density at radius 1 is 1.45 bits per heavy atom. The first-order valence-corrected chi connectivity index (χ1v) is 11.0. The summed E-state index contributed by atoms with van der Waals surface area (Å²) in [5, 5.41) is 13.1. The van der Waals surface area contributed by atoms with Crippen LogP contribution in [0.15, 0.2) is 20.9 Å². The van der Waals surface area contributed by atoms with Gasteiger partial charge in [-0.1, -0.05) is 5.11 Å². The van der Waals surface area contributed by atoms with Crippen molar-refractivity contribution in [3.05, 3.63) is 37.5 Å². The molecular formula is C9H12N5O12P3+2. The van der Waals surface area contributed by atoms with E-state index in [9.17, 15) is 28.4 Å². The van der Waals surface area contributed by atoms with Gasteiger partial charge >= 0.3 is 30.0 Å². The van der Waals surface area contributed by atoms with Crippen molar-refractivity contribution in [1.29, 1.82) is 0 Å². The van der Waals surface area contributed by atoms with Gasteiger partial charge in [-0.15, -0.1) is 9.42 Å². The predicted octanol–water partition coefficient (Wildman–Crippen LogP) is 0.584. The molecule has 20 heteroatoms. The topological polar surface area (TPSA) is 252 Å².